The maximum atomic E-state index is 13.4. The molecule has 2 aromatic heterocycles. The molecule has 11 nitrogen and oxygen atoms in total. The molecule has 0 spiro atoms. The number of nitrogens with zero attached hydrogens (tertiary/aromatic N) is 5. The molecule has 2 atom stereocenters. The number of hydrogen-bond donors (Lipinski definition) is 2. The molecule has 5 rings (SSSR count). The summed E-state index contributed by atoms with van der Waals surface area (Å²) in [6, 6.07) is 11.0. The summed E-state index contributed by atoms with van der Waals surface area (Å²) in [5, 5.41) is 14.6. The monoisotopic (exact) mass is 621 g/mol. The van der Waals surface area contributed by atoms with E-state index in [2.05, 4.69) is 33.2 Å². The quantitative estimate of drug-likeness (QED) is 0.320. The van der Waals surface area contributed by atoms with E-state index >= 15 is 0 Å². The van der Waals surface area contributed by atoms with Gasteiger partial charge in [0.1, 0.15) is 17.6 Å². The van der Waals surface area contributed by atoms with E-state index in [0.717, 1.165) is 5.69 Å². The highest BCUT2D eigenvalue weighted by Crippen LogP contribution is 2.40. The Morgan fingerprint density at radius 2 is 1.87 bits per heavy atom. The summed E-state index contributed by atoms with van der Waals surface area (Å²) in [5.41, 5.74) is 4.07. The normalized spacial score (nSPS) is 17.0. The number of carbonyl (C=O) groups excluding carboxylic acids is 3. The molecular formula is C35H39N7O4. The highest BCUT2D eigenvalue weighted by Gasteiger charge is 2.31. The van der Waals surface area contributed by atoms with Crippen LogP contribution in [0.3, 0.4) is 0 Å². The number of aromatic nitrogens is 2. The summed E-state index contributed by atoms with van der Waals surface area (Å²) in [4.78, 5) is 51.9. The van der Waals surface area contributed by atoms with Crippen LogP contribution in [0.4, 0.5) is 5.82 Å². The fraction of sp³-hybridized carbons (Fsp3) is 0.371. The summed E-state index contributed by atoms with van der Waals surface area (Å²) in [6.45, 7) is 11.5. The van der Waals surface area contributed by atoms with Gasteiger partial charge in [-0.3, -0.25) is 24.3 Å². The Morgan fingerprint density at radius 1 is 1.09 bits per heavy atom. The van der Waals surface area contributed by atoms with E-state index in [0.29, 0.717) is 60.4 Å². The van der Waals surface area contributed by atoms with Crippen molar-refractivity contribution in [2.75, 3.05) is 38.5 Å². The van der Waals surface area contributed by atoms with Crippen molar-refractivity contribution in [1.82, 2.24) is 25.1 Å². The number of hydrogen-bond acceptors (Lipinski definition) is 8. The van der Waals surface area contributed by atoms with Gasteiger partial charge in [-0.25, -0.2) is 4.98 Å². The lowest BCUT2D eigenvalue weighted by Crippen LogP contribution is -2.54. The van der Waals surface area contributed by atoms with Crippen LogP contribution in [0.25, 0.3) is 0 Å². The van der Waals surface area contributed by atoms with Gasteiger partial charge in [0.05, 0.1) is 16.8 Å². The molecule has 0 bridgehead atoms. The summed E-state index contributed by atoms with van der Waals surface area (Å²) in [5.74, 6) is 0.281. The lowest BCUT2D eigenvalue weighted by atomic mass is 10.0. The number of pyridine rings is 2. The molecule has 3 heterocycles. The average molecular weight is 622 g/mol. The van der Waals surface area contributed by atoms with Crippen molar-refractivity contribution in [1.29, 1.82) is 5.26 Å². The molecule has 46 heavy (non-hydrogen) atoms. The van der Waals surface area contributed by atoms with Crippen LogP contribution in [-0.2, 0) is 4.79 Å². The molecule has 1 aliphatic carbocycles. The first kappa shape index (κ1) is 32.3. The van der Waals surface area contributed by atoms with Gasteiger partial charge in [-0.1, -0.05) is 12.6 Å². The predicted molar refractivity (Wildman–Crippen MR) is 174 cm³/mol. The first-order chi connectivity index (χ1) is 22.1. The smallest absolute Gasteiger partial charge is 0.257 e. The molecule has 238 valence electrons. The number of nitrogens with one attached hydrogen (secondary N) is 2. The third-order valence-corrected chi connectivity index (χ3v) is 8.53. The van der Waals surface area contributed by atoms with E-state index in [1.54, 1.807) is 26.0 Å². The zero-order valence-electron chi connectivity index (χ0n) is 26.7. The molecule has 11 heteroatoms. The Morgan fingerprint density at radius 3 is 2.48 bits per heavy atom. The largest absolute Gasteiger partial charge is 0.482 e. The molecule has 2 N–H and O–H groups in total. The van der Waals surface area contributed by atoms with Crippen LogP contribution in [0.1, 0.15) is 80.5 Å². The van der Waals surface area contributed by atoms with Gasteiger partial charge in [0.2, 0.25) is 5.91 Å². The maximum Gasteiger partial charge on any atom is 0.257 e. The second-order valence-electron chi connectivity index (χ2n) is 11.9. The highest BCUT2D eigenvalue weighted by molar-refractivity contribution is 6.07. The van der Waals surface area contributed by atoms with Crippen molar-refractivity contribution in [3.63, 3.8) is 0 Å². The van der Waals surface area contributed by atoms with Crippen LogP contribution in [0.5, 0.6) is 5.75 Å². The summed E-state index contributed by atoms with van der Waals surface area (Å²) in [7, 11) is 1.52. The van der Waals surface area contributed by atoms with E-state index in [9.17, 15) is 14.4 Å². The number of aryl methyl sites for hydroxylation is 2. The van der Waals surface area contributed by atoms with Crippen LogP contribution in [0, 0.1) is 25.2 Å². The zero-order chi connectivity index (χ0) is 33.0. The number of ether oxygens (including phenoxy) is 1. The van der Waals surface area contributed by atoms with E-state index in [1.165, 1.54) is 43.8 Å². The van der Waals surface area contributed by atoms with Gasteiger partial charge in [-0.2, -0.15) is 5.26 Å². The molecule has 1 aromatic carbocycles. The average Bonchev–Trinajstić information content (AvgIpc) is 3.91. The van der Waals surface area contributed by atoms with E-state index < -0.39 is 17.9 Å². The van der Waals surface area contributed by atoms with Crippen molar-refractivity contribution in [2.24, 2.45) is 0 Å². The van der Waals surface area contributed by atoms with Crippen LogP contribution < -0.4 is 15.4 Å². The highest BCUT2D eigenvalue weighted by atomic mass is 16.5. The molecule has 3 amide bonds. The third kappa shape index (κ3) is 7.24. The molecule has 2 aliphatic rings. The van der Waals surface area contributed by atoms with Crippen molar-refractivity contribution in [3.05, 3.63) is 94.5 Å². The molecule has 1 saturated heterocycles. The second-order valence-corrected chi connectivity index (χ2v) is 11.9. The molecule has 0 unspecified atom stereocenters. The second kappa shape index (κ2) is 13.9. The van der Waals surface area contributed by atoms with Crippen molar-refractivity contribution < 1.29 is 19.1 Å². The Kier molecular flexibility index (Phi) is 9.78. The fourth-order valence-corrected chi connectivity index (χ4v) is 5.77. The predicted octanol–water partition coefficient (Wildman–Crippen LogP) is 4.29. The summed E-state index contributed by atoms with van der Waals surface area (Å²) >= 11 is 0. The van der Waals surface area contributed by atoms with Gasteiger partial charge in [0.25, 0.3) is 11.8 Å². The maximum absolute atomic E-state index is 13.4. The number of carbonyl (C=O) groups is 3. The summed E-state index contributed by atoms with van der Waals surface area (Å²) < 4.78 is 6.65. The minimum atomic E-state index is -0.532. The van der Waals surface area contributed by atoms with E-state index in [1.807, 2.05) is 30.2 Å². The van der Waals surface area contributed by atoms with Gasteiger partial charge < -0.3 is 20.3 Å². The number of rotatable bonds is 10. The number of benzene rings is 1. The molecular weight excluding hydrogens is 582 g/mol. The van der Waals surface area contributed by atoms with Crippen molar-refractivity contribution in [2.45, 2.75) is 51.7 Å². The fourth-order valence-electron chi connectivity index (χ4n) is 5.77. The summed E-state index contributed by atoms with van der Waals surface area (Å²) in [6.07, 6.45) is 6.45. The third-order valence-electron chi connectivity index (χ3n) is 8.53. The SMILES string of the molecule is C=CC(=O)N1CCN(C[C@@H](Oc2cc(C)c(C(=O)Nc3ncc(C#N)cc3C)cc2C(=O)NC)c2ccc(C3CC3)cn2)C[C@H]1C. The molecule has 3 aromatic rings. The molecule has 1 saturated carbocycles. The number of piperazine rings is 1. The van der Waals surface area contributed by atoms with Gasteiger partial charge in [0, 0.05) is 57.2 Å². The zero-order valence-corrected chi connectivity index (χ0v) is 26.7. The topological polar surface area (TPSA) is 141 Å². The van der Waals surface area contributed by atoms with Crippen LogP contribution in [0.2, 0.25) is 0 Å². The first-order valence-corrected chi connectivity index (χ1v) is 15.4. The molecule has 0 radical (unpaired) electrons. The van der Waals surface area contributed by atoms with Gasteiger partial charge in [-0.05, 0) is 86.6 Å². The van der Waals surface area contributed by atoms with Crippen LogP contribution >= 0.6 is 0 Å². The van der Waals surface area contributed by atoms with Gasteiger partial charge in [0.15, 0.2) is 6.10 Å². The van der Waals surface area contributed by atoms with Crippen molar-refractivity contribution >= 4 is 23.5 Å². The Hall–Kier alpha value is -5.08. The minimum absolute atomic E-state index is 0.0131. The number of nitriles is 1. The molecule has 1 aliphatic heterocycles. The Balaban J connectivity index is 1.44. The lowest BCUT2D eigenvalue weighted by Gasteiger charge is -2.40. The standard InChI is InChI=1S/C35H39N7O4/c1-6-32(43)42-12-11-41(19-23(42)4)20-31(29-10-9-26(18-38-29)25-7-8-25)46-30-14-21(2)27(15-28(30)34(44)37-5)35(45)40-33-22(3)13-24(16-36)17-39-33/h6,9-10,13-15,17-18,23,25,31H,1,7-8,11-12,19-20H2,2-5H3,(H,37,44)(H,39,40,45)/t23-,31-/m1/s1. The van der Waals surface area contributed by atoms with Gasteiger partial charge >= 0.3 is 0 Å². The first-order valence-electron chi connectivity index (χ1n) is 15.4. The lowest BCUT2D eigenvalue weighted by molar-refractivity contribution is -0.130. The number of anilines is 1. The van der Waals surface area contributed by atoms with Gasteiger partial charge in [-0.15, -0.1) is 0 Å². The minimum Gasteiger partial charge on any atom is -0.482 e. The van der Waals surface area contributed by atoms with E-state index in [-0.39, 0.29) is 23.1 Å². The van der Waals surface area contributed by atoms with Crippen molar-refractivity contribution in [3.8, 4) is 11.8 Å². The molecule has 2 fully saturated rings. The Labute approximate surface area is 269 Å². The Bertz CT molecular complexity index is 1690. The number of amides is 3. The van der Waals surface area contributed by atoms with E-state index in [4.69, 9.17) is 15.0 Å². The van der Waals surface area contributed by atoms with Crippen LogP contribution in [-0.4, -0.2) is 76.8 Å². The van der Waals surface area contributed by atoms with Crippen LogP contribution in [0.15, 0.2) is 55.4 Å².